The molecule has 2 aromatic rings. The Bertz CT molecular complexity index is 657. The van der Waals surface area contributed by atoms with Crippen LogP contribution in [0.5, 0.6) is 0 Å². The van der Waals surface area contributed by atoms with Gasteiger partial charge in [-0.25, -0.2) is 9.37 Å². The molecule has 3 nitrogen and oxygen atoms in total. The maximum absolute atomic E-state index is 13.9. The molecular formula is C14H13FN3+. The smallest absolute Gasteiger partial charge is 0.286 e. The van der Waals surface area contributed by atoms with E-state index >= 15 is 0 Å². The molecule has 2 rings (SSSR count). The van der Waals surface area contributed by atoms with Gasteiger partial charge in [-0.1, -0.05) is 18.2 Å². The minimum absolute atomic E-state index is 0.263. The molecule has 0 atom stereocenters. The van der Waals surface area contributed by atoms with E-state index in [-0.39, 0.29) is 17.2 Å². The summed E-state index contributed by atoms with van der Waals surface area (Å²) in [6.07, 6.45) is 0. The van der Waals surface area contributed by atoms with Crippen LogP contribution in [0.3, 0.4) is 0 Å². The lowest BCUT2D eigenvalue weighted by Crippen LogP contribution is -2.19. The van der Waals surface area contributed by atoms with Crippen molar-refractivity contribution in [3.63, 3.8) is 0 Å². The van der Waals surface area contributed by atoms with Gasteiger partial charge in [0.05, 0.1) is 0 Å². The molecule has 0 radical (unpaired) electrons. The summed E-state index contributed by atoms with van der Waals surface area (Å²) in [7, 11) is 0. The number of hydrogen-bond donors (Lipinski definition) is 1. The fourth-order valence-electron chi connectivity index (χ4n) is 1.98. The van der Waals surface area contributed by atoms with E-state index in [0.29, 0.717) is 11.1 Å². The molecule has 0 saturated carbocycles. The molecule has 0 saturated heterocycles. The second kappa shape index (κ2) is 4.46. The molecule has 0 amide bonds. The second-order valence-electron chi connectivity index (χ2n) is 4.13. The molecule has 0 fully saturated rings. The Balaban J connectivity index is 2.87. The van der Waals surface area contributed by atoms with Gasteiger partial charge in [0.15, 0.2) is 0 Å². The summed E-state index contributed by atoms with van der Waals surface area (Å²) in [6.45, 7) is 3.69. The van der Waals surface area contributed by atoms with Crippen LogP contribution in [0.2, 0.25) is 0 Å². The molecule has 0 aliphatic heterocycles. The Morgan fingerprint density at radius 3 is 2.56 bits per heavy atom. The predicted molar refractivity (Wildman–Crippen MR) is 67.0 cm³/mol. The molecule has 3 N–H and O–H groups in total. The zero-order valence-electron chi connectivity index (χ0n) is 10.2. The highest BCUT2D eigenvalue weighted by Crippen LogP contribution is 2.31. The van der Waals surface area contributed by atoms with Crippen molar-refractivity contribution in [2.45, 2.75) is 13.8 Å². The van der Waals surface area contributed by atoms with Crippen molar-refractivity contribution in [1.82, 2.24) is 0 Å². The van der Waals surface area contributed by atoms with Crippen molar-refractivity contribution in [3.8, 4) is 17.2 Å². The molecule has 18 heavy (non-hydrogen) atoms. The number of nitriles is 1. The van der Waals surface area contributed by atoms with Crippen LogP contribution in [-0.4, -0.2) is 0 Å². The van der Waals surface area contributed by atoms with Crippen LogP contribution in [0.1, 0.15) is 16.8 Å². The van der Waals surface area contributed by atoms with Crippen LogP contribution in [0.15, 0.2) is 24.3 Å². The summed E-state index contributed by atoms with van der Waals surface area (Å²) in [5.41, 5.74) is 8.68. The van der Waals surface area contributed by atoms with Crippen molar-refractivity contribution in [2.75, 3.05) is 5.73 Å². The number of rotatable bonds is 1. The number of aromatic amines is 1. The molecule has 0 aliphatic rings. The van der Waals surface area contributed by atoms with E-state index in [0.717, 1.165) is 11.3 Å². The first kappa shape index (κ1) is 12.1. The summed E-state index contributed by atoms with van der Waals surface area (Å²) in [6, 6.07) is 8.41. The average molecular weight is 242 g/mol. The number of nitrogens with two attached hydrogens (primary N) is 1. The fraction of sp³-hybridized carbons (Fsp3) is 0.143. The molecular weight excluding hydrogens is 229 g/mol. The van der Waals surface area contributed by atoms with Crippen LogP contribution < -0.4 is 10.7 Å². The van der Waals surface area contributed by atoms with Crippen LogP contribution in [0.4, 0.5) is 10.2 Å². The van der Waals surface area contributed by atoms with Gasteiger partial charge < -0.3 is 0 Å². The topological polar surface area (TPSA) is 63.9 Å². The fourth-order valence-corrected chi connectivity index (χ4v) is 1.98. The average Bonchev–Trinajstić information content (AvgIpc) is 2.34. The highest BCUT2D eigenvalue weighted by atomic mass is 19.1. The van der Waals surface area contributed by atoms with Gasteiger partial charge >= 0.3 is 0 Å². The maximum Gasteiger partial charge on any atom is 0.289 e. The number of aryl methyl sites for hydroxylation is 1. The van der Waals surface area contributed by atoms with Gasteiger partial charge in [0.2, 0.25) is 0 Å². The second-order valence-corrected chi connectivity index (χ2v) is 4.13. The summed E-state index contributed by atoms with van der Waals surface area (Å²) in [4.78, 5) is 2.92. The summed E-state index contributed by atoms with van der Waals surface area (Å²) >= 11 is 0. The number of hydrogen-bond acceptors (Lipinski definition) is 2. The van der Waals surface area contributed by atoms with E-state index in [1.165, 1.54) is 6.07 Å². The first-order valence-electron chi connectivity index (χ1n) is 5.53. The van der Waals surface area contributed by atoms with E-state index in [2.05, 4.69) is 4.98 Å². The van der Waals surface area contributed by atoms with E-state index < -0.39 is 0 Å². The zero-order chi connectivity index (χ0) is 13.3. The van der Waals surface area contributed by atoms with Gasteiger partial charge in [0.1, 0.15) is 23.1 Å². The number of pyridine rings is 1. The first-order chi connectivity index (χ1) is 8.56. The Labute approximate surface area is 105 Å². The number of benzene rings is 1. The van der Waals surface area contributed by atoms with Crippen molar-refractivity contribution in [1.29, 1.82) is 5.26 Å². The minimum atomic E-state index is -0.359. The molecule has 0 unspecified atom stereocenters. The molecule has 1 aromatic heterocycles. The summed E-state index contributed by atoms with van der Waals surface area (Å²) in [5, 5.41) is 9.19. The molecule has 4 heteroatoms. The number of halogens is 1. The van der Waals surface area contributed by atoms with Crippen molar-refractivity contribution < 1.29 is 9.37 Å². The monoisotopic (exact) mass is 242 g/mol. The first-order valence-corrected chi connectivity index (χ1v) is 5.53. The van der Waals surface area contributed by atoms with Gasteiger partial charge in [-0.15, -0.1) is 0 Å². The van der Waals surface area contributed by atoms with E-state index in [1.807, 2.05) is 19.9 Å². The number of anilines is 1. The number of nitrogen functional groups attached to an aromatic ring is 1. The number of nitrogens with one attached hydrogen (secondary N) is 1. The standard InChI is InChI=1S/C14H12FN3/c1-8-9(2)18-14(17)11(7-16)13(8)10-5-3-4-6-12(10)15/h3-6H,1-2H3,(H2,17,18)/p+1. The lowest BCUT2D eigenvalue weighted by molar-refractivity contribution is -0.370. The largest absolute Gasteiger partial charge is 0.289 e. The van der Waals surface area contributed by atoms with Crippen molar-refractivity contribution >= 4 is 5.82 Å². The van der Waals surface area contributed by atoms with Gasteiger partial charge in [-0.05, 0) is 19.9 Å². The Morgan fingerprint density at radius 2 is 1.94 bits per heavy atom. The molecule has 90 valence electrons. The number of H-pyrrole nitrogens is 1. The third-order valence-electron chi connectivity index (χ3n) is 3.03. The van der Waals surface area contributed by atoms with Gasteiger partial charge in [-0.3, -0.25) is 5.73 Å². The van der Waals surface area contributed by atoms with Gasteiger partial charge in [-0.2, -0.15) is 5.26 Å². The zero-order valence-corrected chi connectivity index (χ0v) is 10.2. The minimum Gasteiger partial charge on any atom is -0.286 e. The maximum atomic E-state index is 13.9. The van der Waals surface area contributed by atoms with E-state index in [1.54, 1.807) is 18.2 Å². The lowest BCUT2D eigenvalue weighted by Gasteiger charge is -2.10. The number of nitrogens with zero attached hydrogens (tertiary/aromatic N) is 1. The Kier molecular flexibility index (Phi) is 2.99. The van der Waals surface area contributed by atoms with Crippen LogP contribution in [0, 0.1) is 31.0 Å². The van der Waals surface area contributed by atoms with Gasteiger partial charge in [0.25, 0.3) is 5.82 Å². The molecule has 1 heterocycles. The quantitative estimate of drug-likeness (QED) is 0.834. The molecule has 0 spiro atoms. The third-order valence-corrected chi connectivity index (χ3v) is 3.03. The number of aromatic nitrogens is 1. The Morgan fingerprint density at radius 1 is 1.28 bits per heavy atom. The van der Waals surface area contributed by atoms with Crippen molar-refractivity contribution in [2.24, 2.45) is 0 Å². The summed E-state index contributed by atoms with van der Waals surface area (Å²) < 4.78 is 13.9. The van der Waals surface area contributed by atoms with Crippen LogP contribution in [0.25, 0.3) is 11.1 Å². The van der Waals surface area contributed by atoms with Crippen molar-refractivity contribution in [3.05, 3.63) is 46.9 Å². The summed E-state index contributed by atoms with van der Waals surface area (Å²) in [5.74, 6) is -0.0963. The van der Waals surface area contributed by atoms with Gasteiger partial charge in [0, 0.05) is 16.7 Å². The van der Waals surface area contributed by atoms with Crippen LogP contribution in [-0.2, 0) is 0 Å². The highest BCUT2D eigenvalue weighted by Gasteiger charge is 2.20. The lowest BCUT2D eigenvalue weighted by atomic mass is 9.95. The normalized spacial score (nSPS) is 10.1. The predicted octanol–water partition coefficient (Wildman–Crippen LogP) is 2.38. The SMILES string of the molecule is Cc1[nH+]c(N)c(C#N)c(-c2ccccc2F)c1C. The van der Waals surface area contributed by atoms with E-state index in [4.69, 9.17) is 5.73 Å². The highest BCUT2D eigenvalue weighted by molar-refractivity contribution is 5.77. The third kappa shape index (κ3) is 1.80. The van der Waals surface area contributed by atoms with E-state index in [9.17, 15) is 9.65 Å². The molecule has 1 aromatic carbocycles. The molecule has 0 bridgehead atoms. The Hall–Kier alpha value is -2.41. The molecule has 0 aliphatic carbocycles. The van der Waals surface area contributed by atoms with Crippen LogP contribution >= 0.6 is 0 Å².